The molecule has 4 nitrogen and oxygen atoms in total. The van der Waals surface area contributed by atoms with E-state index in [1.807, 2.05) is 25.1 Å². The molecule has 0 amide bonds. The predicted octanol–water partition coefficient (Wildman–Crippen LogP) is 2.07. The monoisotopic (exact) mass is 228 g/mol. The highest BCUT2D eigenvalue weighted by Gasteiger charge is 2.06. The second-order valence-corrected chi connectivity index (χ2v) is 3.87. The quantitative estimate of drug-likeness (QED) is 0.873. The Morgan fingerprint density at radius 1 is 1.29 bits per heavy atom. The van der Waals surface area contributed by atoms with E-state index in [1.165, 1.54) is 18.0 Å². The van der Waals surface area contributed by atoms with Crippen LogP contribution in [0.25, 0.3) is 0 Å². The molecule has 0 aliphatic carbocycles. The average Bonchev–Trinajstić information content (AvgIpc) is 2.29. The molecule has 0 fully saturated rings. The first kappa shape index (κ1) is 11.3. The Hall–Kier alpha value is -2.23. The van der Waals surface area contributed by atoms with E-state index in [0.29, 0.717) is 12.1 Å². The normalized spacial score (nSPS) is 10.2. The van der Waals surface area contributed by atoms with Gasteiger partial charge in [-0.1, -0.05) is 29.8 Å². The van der Waals surface area contributed by atoms with Gasteiger partial charge in [-0.05, 0) is 18.6 Å². The van der Waals surface area contributed by atoms with Crippen LogP contribution in [0.3, 0.4) is 0 Å². The molecule has 0 bridgehead atoms. The molecule has 0 radical (unpaired) electrons. The van der Waals surface area contributed by atoms with Crippen LogP contribution in [-0.4, -0.2) is 21.0 Å². The molecule has 2 aromatic rings. The Balaban J connectivity index is 2.24. The highest BCUT2D eigenvalue weighted by Crippen LogP contribution is 2.09. The fourth-order valence-electron chi connectivity index (χ4n) is 1.64. The Morgan fingerprint density at radius 2 is 2.12 bits per heavy atom. The number of hydrogen-bond acceptors (Lipinski definition) is 3. The van der Waals surface area contributed by atoms with Gasteiger partial charge < -0.3 is 5.11 Å². The van der Waals surface area contributed by atoms with Crippen molar-refractivity contribution in [1.29, 1.82) is 0 Å². The summed E-state index contributed by atoms with van der Waals surface area (Å²) in [5.41, 5.74) is 3.03. The first-order valence-corrected chi connectivity index (χ1v) is 5.25. The van der Waals surface area contributed by atoms with Gasteiger partial charge in [0.25, 0.3) is 0 Å². The number of aryl methyl sites for hydroxylation is 1. The minimum absolute atomic E-state index is 0.0302. The molecule has 0 saturated carbocycles. The van der Waals surface area contributed by atoms with Gasteiger partial charge in [-0.2, -0.15) is 0 Å². The second-order valence-electron chi connectivity index (χ2n) is 3.87. The van der Waals surface area contributed by atoms with Gasteiger partial charge >= 0.3 is 5.97 Å². The number of carboxylic acid groups (broad SMARTS) is 1. The van der Waals surface area contributed by atoms with Crippen LogP contribution in [-0.2, 0) is 6.42 Å². The van der Waals surface area contributed by atoms with Crippen molar-refractivity contribution in [3.05, 3.63) is 59.2 Å². The molecule has 0 aliphatic heterocycles. The highest BCUT2D eigenvalue weighted by molar-refractivity contribution is 5.85. The molecule has 1 aromatic carbocycles. The lowest BCUT2D eigenvalue weighted by atomic mass is 10.1. The van der Waals surface area contributed by atoms with E-state index < -0.39 is 5.97 Å². The van der Waals surface area contributed by atoms with Gasteiger partial charge in [0.2, 0.25) is 0 Å². The summed E-state index contributed by atoms with van der Waals surface area (Å²) in [6.45, 7) is 2.02. The fraction of sp³-hybridized carbons (Fsp3) is 0.154. The van der Waals surface area contributed by atoms with E-state index in [9.17, 15) is 4.79 Å². The molecule has 0 aliphatic rings. The second kappa shape index (κ2) is 4.74. The summed E-state index contributed by atoms with van der Waals surface area (Å²) in [6.07, 6.45) is 1.90. The number of hydrogen-bond donors (Lipinski definition) is 1. The van der Waals surface area contributed by atoms with Crippen LogP contribution in [0.15, 0.2) is 36.7 Å². The molecule has 1 aromatic heterocycles. The van der Waals surface area contributed by atoms with Crippen molar-refractivity contribution in [3.63, 3.8) is 0 Å². The molecular formula is C13H12N2O2. The maximum atomic E-state index is 10.8. The number of aromatic carboxylic acids is 1. The van der Waals surface area contributed by atoms with Crippen molar-refractivity contribution in [1.82, 2.24) is 9.97 Å². The fourth-order valence-corrected chi connectivity index (χ4v) is 1.64. The van der Waals surface area contributed by atoms with Gasteiger partial charge in [-0.15, -0.1) is 0 Å². The smallest absolute Gasteiger partial charge is 0.354 e. The van der Waals surface area contributed by atoms with Crippen molar-refractivity contribution >= 4 is 5.97 Å². The zero-order valence-electron chi connectivity index (χ0n) is 9.42. The number of aromatic nitrogens is 2. The predicted molar refractivity (Wildman–Crippen MR) is 63.0 cm³/mol. The summed E-state index contributed by atoms with van der Waals surface area (Å²) >= 11 is 0. The third-order valence-corrected chi connectivity index (χ3v) is 2.41. The van der Waals surface area contributed by atoms with E-state index in [0.717, 1.165) is 5.56 Å². The van der Waals surface area contributed by atoms with Gasteiger partial charge in [0.05, 0.1) is 0 Å². The zero-order chi connectivity index (χ0) is 12.3. The molecule has 2 rings (SSSR count). The van der Waals surface area contributed by atoms with Crippen molar-refractivity contribution in [3.8, 4) is 0 Å². The van der Waals surface area contributed by atoms with E-state index >= 15 is 0 Å². The molecule has 86 valence electrons. The summed E-state index contributed by atoms with van der Waals surface area (Å²) in [7, 11) is 0. The zero-order valence-corrected chi connectivity index (χ0v) is 9.42. The van der Waals surface area contributed by atoms with Crippen molar-refractivity contribution in [2.45, 2.75) is 13.3 Å². The van der Waals surface area contributed by atoms with E-state index in [1.54, 1.807) is 0 Å². The number of rotatable bonds is 3. The lowest BCUT2D eigenvalue weighted by Crippen LogP contribution is -2.03. The highest BCUT2D eigenvalue weighted by atomic mass is 16.4. The summed E-state index contributed by atoms with van der Waals surface area (Å²) in [6, 6.07) is 9.55. The summed E-state index contributed by atoms with van der Waals surface area (Å²) in [4.78, 5) is 18.5. The lowest BCUT2D eigenvalue weighted by Gasteiger charge is -2.02. The number of nitrogens with zero attached hydrogens (tertiary/aromatic N) is 2. The number of carboxylic acids is 1. The van der Waals surface area contributed by atoms with Crippen molar-refractivity contribution in [2.75, 3.05) is 0 Å². The first-order chi connectivity index (χ1) is 8.15. The maximum Gasteiger partial charge on any atom is 0.354 e. The maximum absolute atomic E-state index is 10.8. The molecule has 0 unspecified atom stereocenters. The summed E-state index contributed by atoms with van der Waals surface area (Å²) < 4.78 is 0. The number of benzene rings is 1. The van der Waals surface area contributed by atoms with E-state index in [4.69, 9.17) is 5.11 Å². The van der Waals surface area contributed by atoms with Gasteiger partial charge in [-0.25, -0.2) is 14.8 Å². The molecule has 1 N–H and O–H groups in total. The molecule has 4 heteroatoms. The van der Waals surface area contributed by atoms with Crippen LogP contribution in [0.2, 0.25) is 0 Å². The average molecular weight is 228 g/mol. The molecular weight excluding hydrogens is 216 g/mol. The summed E-state index contributed by atoms with van der Waals surface area (Å²) in [5.74, 6) is -1.03. The van der Waals surface area contributed by atoms with Crippen LogP contribution in [0.1, 0.15) is 27.3 Å². The topological polar surface area (TPSA) is 63.1 Å². The van der Waals surface area contributed by atoms with Crippen LogP contribution < -0.4 is 0 Å². The Bertz CT molecular complexity index is 553. The lowest BCUT2D eigenvalue weighted by molar-refractivity contribution is 0.0690. The van der Waals surface area contributed by atoms with Crippen molar-refractivity contribution in [2.24, 2.45) is 0 Å². The van der Waals surface area contributed by atoms with Gasteiger partial charge in [0, 0.05) is 12.1 Å². The van der Waals surface area contributed by atoms with Crippen LogP contribution >= 0.6 is 0 Å². The SMILES string of the molecule is Cc1cccc(Cc2cc(C(=O)O)ncn2)c1. The third kappa shape index (κ3) is 2.87. The van der Waals surface area contributed by atoms with E-state index in [-0.39, 0.29) is 5.69 Å². The first-order valence-electron chi connectivity index (χ1n) is 5.25. The van der Waals surface area contributed by atoms with Crippen LogP contribution in [0.5, 0.6) is 0 Å². The molecule has 0 saturated heterocycles. The molecule has 17 heavy (non-hydrogen) atoms. The largest absolute Gasteiger partial charge is 0.477 e. The Morgan fingerprint density at radius 3 is 2.82 bits per heavy atom. The Labute approximate surface area is 99.0 Å². The standard InChI is InChI=1S/C13H12N2O2/c1-9-3-2-4-10(5-9)6-11-7-12(13(16)17)15-8-14-11/h2-5,7-8H,6H2,1H3,(H,16,17). The summed E-state index contributed by atoms with van der Waals surface area (Å²) in [5, 5.41) is 8.83. The third-order valence-electron chi connectivity index (χ3n) is 2.41. The minimum Gasteiger partial charge on any atom is -0.477 e. The van der Waals surface area contributed by atoms with Crippen molar-refractivity contribution < 1.29 is 9.90 Å². The van der Waals surface area contributed by atoms with E-state index in [2.05, 4.69) is 16.0 Å². The van der Waals surface area contributed by atoms with Crippen LogP contribution in [0, 0.1) is 6.92 Å². The molecule has 1 heterocycles. The molecule has 0 atom stereocenters. The minimum atomic E-state index is -1.03. The molecule has 0 spiro atoms. The Kier molecular flexibility index (Phi) is 3.14. The van der Waals surface area contributed by atoms with Gasteiger partial charge in [-0.3, -0.25) is 0 Å². The van der Waals surface area contributed by atoms with Gasteiger partial charge in [0.1, 0.15) is 6.33 Å². The number of carbonyl (C=O) groups is 1. The van der Waals surface area contributed by atoms with Gasteiger partial charge in [0.15, 0.2) is 5.69 Å². The van der Waals surface area contributed by atoms with Crippen LogP contribution in [0.4, 0.5) is 0 Å².